The molecule has 88 valence electrons. The number of amides is 1. The smallest absolute Gasteiger partial charge is 0.257 e. The van der Waals surface area contributed by atoms with Crippen LogP contribution in [0.5, 0.6) is 0 Å². The number of alkyl halides is 1. The van der Waals surface area contributed by atoms with Gasteiger partial charge in [-0.15, -0.1) is 22.9 Å². The minimum absolute atomic E-state index is 0.288. The standard InChI is InChI=1S/C10H8ClN3O2S/c11-4-7-5-17-10(13-7)14-9(16)6-1-2-12-8(15)3-6/h1-3,5H,4H2,(H,12,15)(H,13,14,16). The first-order valence-corrected chi connectivity index (χ1v) is 6.11. The Hall–Kier alpha value is -1.66. The molecule has 0 radical (unpaired) electrons. The van der Waals surface area contributed by atoms with Gasteiger partial charge in [0.1, 0.15) is 0 Å². The number of carbonyl (C=O) groups excluding carboxylic acids is 1. The molecule has 7 heteroatoms. The van der Waals surface area contributed by atoms with Crippen LogP contribution in [0.2, 0.25) is 0 Å². The number of nitrogens with one attached hydrogen (secondary N) is 2. The lowest BCUT2D eigenvalue weighted by Gasteiger charge is -2.00. The number of H-pyrrole nitrogens is 1. The van der Waals surface area contributed by atoms with E-state index in [2.05, 4.69) is 15.3 Å². The normalized spacial score (nSPS) is 10.2. The van der Waals surface area contributed by atoms with Gasteiger partial charge in [0.15, 0.2) is 5.13 Å². The van der Waals surface area contributed by atoms with Crippen molar-refractivity contribution in [3.05, 3.63) is 45.3 Å². The summed E-state index contributed by atoms with van der Waals surface area (Å²) >= 11 is 6.89. The summed E-state index contributed by atoms with van der Waals surface area (Å²) in [5.74, 6) is -0.0660. The Labute approximate surface area is 105 Å². The predicted molar refractivity (Wildman–Crippen MR) is 66.7 cm³/mol. The van der Waals surface area contributed by atoms with Gasteiger partial charge in [0.05, 0.1) is 11.6 Å². The minimum Gasteiger partial charge on any atom is -0.329 e. The van der Waals surface area contributed by atoms with Gasteiger partial charge in [-0.3, -0.25) is 14.9 Å². The number of rotatable bonds is 3. The number of halogens is 1. The van der Waals surface area contributed by atoms with Crippen LogP contribution in [0.4, 0.5) is 5.13 Å². The van der Waals surface area contributed by atoms with Crippen LogP contribution in [0.15, 0.2) is 28.5 Å². The highest BCUT2D eigenvalue weighted by molar-refractivity contribution is 7.14. The third-order valence-corrected chi connectivity index (χ3v) is 3.03. The van der Waals surface area contributed by atoms with Crippen molar-refractivity contribution in [3.8, 4) is 0 Å². The highest BCUT2D eigenvalue weighted by Crippen LogP contribution is 2.17. The third kappa shape index (κ3) is 2.92. The van der Waals surface area contributed by atoms with Gasteiger partial charge in [0, 0.05) is 23.2 Å². The number of hydrogen-bond donors (Lipinski definition) is 2. The second-order valence-electron chi connectivity index (χ2n) is 3.17. The van der Waals surface area contributed by atoms with Crippen LogP contribution in [-0.2, 0) is 5.88 Å². The molecule has 0 aliphatic rings. The summed E-state index contributed by atoms with van der Waals surface area (Å²) in [5, 5.41) is 4.83. The summed E-state index contributed by atoms with van der Waals surface area (Å²) in [7, 11) is 0. The zero-order chi connectivity index (χ0) is 12.3. The number of carbonyl (C=O) groups is 1. The molecule has 5 nitrogen and oxygen atoms in total. The van der Waals surface area contributed by atoms with Gasteiger partial charge in [-0.25, -0.2) is 4.98 Å². The van der Waals surface area contributed by atoms with Crippen molar-refractivity contribution >= 4 is 34.0 Å². The Morgan fingerprint density at radius 3 is 3.06 bits per heavy atom. The molecule has 0 aliphatic carbocycles. The second-order valence-corrected chi connectivity index (χ2v) is 4.30. The van der Waals surface area contributed by atoms with Crippen molar-refractivity contribution < 1.29 is 4.79 Å². The number of thiazole rings is 1. The summed E-state index contributed by atoms with van der Waals surface area (Å²) in [6.07, 6.45) is 1.42. The number of pyridine rings is 1. The van der Waals surface area contributed by atoms with E-state index >= 15 is 0 Å². The molecule has 0 spiro atoms. The predicted octanol–water partition coefficient (Wildman–Crippen LogP) is 1.82. The van der Waals surface area contributed by atoms with Crippen molar-refractivity contribution in [1.29, 1.82) is 0 Å². The van der Waals surface area contributed by atoms with E-state index in [0.29, 0.717) is 16.7 Å². The summed E-state index contributed by atoms with van der Waals surface area (Å²) in [4.78, 5) is 29.3. The Bertz CT molecular complexity index is 593. The summed E-state index contributed by atoms with van der Waals surface area (Å²) in [6, 6.07) is 2.75. The van der Waals surface area contributed by atoms with Crippen molar-refractivity contribution in [2.75, 3.05) is 5.32 Å². The number of aromatic amines is 1. The monoisotopic (exact) mass is 269 g/mol. The lowest BCUT2D eigenvalue weighted by molar-refractivity contribution is 0.102. The first-order valence-electron chi connectivity index (χ1n) is 4.69. The largest absolute Gasteiger partial charge is 0.329 e. The van der Waals surface area contributed by atoms with E-state index in [-0.39, 0.29) is 17.0 Å². The average Bonchev–Trinajstić information content (AvgIpc) is 2.77. The Morgan fingerprint density at radius 2 is 2.41 bits per heavy atom. The number of aromatic nitrogens is 2. The SMILES string of the molecule is O=C(Nc1nc(CCl)cs1)c1cc[nH]c(=O)c1. The van der Waals surface area contributed by atoms with Gasteiger partial charge in [0.2, 0.25) is 5.56 Å². The van der Waals surface area contributed by atoms with Crippen LogP contribution in [0.1, 0.15) is 16.1 Å². The minimum atomic E-state index is -0.369. The maximum Gasteiger partial charge on any atom is 0.257 e. The van der Waals surface area contributed by atoms with Gasteiger partial charge in [-0.1, -0.05) is 0 Å². The summed E-state index contributed by atoms with van der Waals surface area (Å²) < 4.78 is 0. The highest BCUT2D eigenvalue weighted by atomic mass is 35.5. The molecular weight excluding hydrogens is 262 g/mol. The van der Waals surface area contributed by atoms with Gasteiger partial charge in [0.25, 0.3) is 5.91 Å². The van der Waals surface area contributed by atoms with Crippen molar-refractivity contribution in [1.82, 2.24) is 9.97 Å². The third-order valence-electron chi connectivity index (χ3n) is 1.95. The zero-order valence-electron chi connectivity index (χ0n) is 8.57. The molecule has 0 bridgehead atoms. The molecule has 1 amide bonds. The topological polar surface area (TPSA) is 74.8 Å². The lowest BCUT2D eigenvalue weighted by Crippen LogP contribution is -2.15. The molecule has 2 rings (SSSR count). The maximum atomic E-state index is 11.7. The van der Waals surface area contributed by atoms with Crippen molar-refractivity contribution in [2.24, 2.45) is 0 Å². The number of hydrogen-bond acceptors (Lipinski definition) is 4. The molecule has 0 fully saturated rings. The molecule has 0 saturated carbocycles. The van der Waals surface area contributed by atoms with Crippen molar-refractivity contribution in [2.45, 2.75) is 5.88 Å². The van der Waals surface area contributed by atoms with E-state index in [9.17, 15) is 9.59 Å². The molecule has 0 saturated heterocycles. The Morgan fingerprint density at radius 1 is 1.59 bits per heavy atom. The van der Waals surface area contributed by atoms with E-state index in [1.54, 1.807) is 5.38 Å². The fourth-order valence-electron chi connectivity index (χ4n) is 1.18. The zero-order valence-corrected chi connectivity index (χ0v) is 10.1. The lowest BCUT2D eigenvalue weighted by atomic mass is 10.2. The molecule has 2 aromatic heterocycles. The van der Waals surface area contributed by atoms with Crippen LogP contribution in [0.3, 0.4) is 0 Å². The van der Waals surface area contributed by atoms with Crippen LogP contribution in [0.25, 0.3) is 0 Å². The molecule has 2 N–H and O–H groups in total. The first-order chi connectivity index (χ1) is 8.19. The van der Waals surface area contributed by atoms with E-state index in [0.717, 1.165) is 0 Å². The van der Waals surface area contributed by atoms with Crippen LogP contribution >= 0.6 is 22.9 Å². The number of nitrogens with zero attached hydrogens (tertiary/aromatic N) is 1. The van der Waals surface area contributed by atoms with Crippen LogP contribution in [0, 0.1) is 0 Å². The Kier molecular flexibility index (Phi) is 3.55. The highest BCUT2D eigenvalue weighted by Gasteiger charge is 2.08. The Balaban J connectivity index is 2.14. The summed E-state index contributed by atoms with van der Waals surface area (Å²) in [6.45, 7) is 0. The first kappa shape index (κ1) is 11.8. The fourth-order valence-corrected chi connectivity index (χ4v) is 2.11. The van der Waals surface area contributed by atoms with E-state index in [1.165, 1.54) is 29.7 Å². The molecule has 2 heterocycles. The van der Waals surface area contributed by atoms with E-state index in [1.807, 2.05) is 0 Å². The van der Waals surface area contributed by atoms with Crippen LogP contribution < -0.4 is 10.9 Å². The average molecular weight is 270 g/mol. The van der Waals surface area contributed by atoms with Gasteiger partial charge < -0.3 is 4.98 Å². The molecule has 0 atom stereocenters. The molecule has 0 aromatic carbocycles. The second kappa shape index (κ2) is 5.11. The fraction of sp³-hybridized carbons (Fsp3) is 0.100. The summed E-state index contributed by atoms with van der Waals surface area (Å²) in [5.41, 5.74) is 0.674. The van der Waals surface area contributed by atoms with Crippen molar-refractivity contribution in [3.63, 3.8) is 0 Å². The van der Waals surface area contributed by atoms with Gasteiger partial charge in [-0.2, -0.15) is 0 Å². The van der Waals surface area contributed by atoms with Crippen LogP contribution in [-0.4, -0.2) is 15.9 Å². The molecule has 0 aliphatic heterocycles. The molecule has 17 heavy (non-hydrogen) atoms. The number of anilines is 1. The maximum absolute atomic E-state index is 11.7. The van der Waals surface area contributed by atoms with E-state index < -0.39 is 0 Å². The molecule has 0 unspecified atom stereocenters. The molecule has 2 aromatic rings. The van der Waals surface area contributed by atoms with E-state index in [4.69, 9.17) is 11.6 Å². The quantitative estimate of drug-likeness (QED) is 0.835. The molecular formula is C10H8ClN3O2S. The van der Waals surface area contributed by atoms with Gasteiger partial charge in [-0.05, 0) is 6.07 Å². The van der Waals surface area contributed by atoms with Gasteiger partial charge >= 0.3 is 0 Å².